The van der Waals surface area contributed by atoms with Crippen LogP contribution in [0.4, 0.5) is 4.39 Å². The molecule has 0 saturated heterocycles. The van der Waals surface area contributed by atoms with Gasteiger partial charge in [-0.2, -0.15) is 0 Å². The van der Waals surface area contributed by atoms with Crippen molar-refractivity contribution in [1.82, 2.24) is 0 Å². The fraction of sp³-hybridized carbons (Fsp3) is 0.474. The molecule has 0 aromatic heterocycles. The quantitative estimate of drug-likeness (QED) is 0.841. The second-order valence-electron chi connectivity index (χ2n) is 6.25. The minimum absolute atomic E-state index is 0.0417. The molecule has 22 heavy (non-hydrogen) atoms. The maximum atomic E-state index is 14.0. The number of benzene rings is 1. The van der Waals surface area contributed by atoms with Crippen LogP contribution < -0.4 is 4.74 Å². The largest absolute Gasteiger partial charge is 0.493 e. The number of aliphatic hydroxyl groups excluding tert-OH is 1. The van der Waals surface area contributed by atoms with E-state index in [1.165, 1.54) is 5.56 Å². The molecule has 0 atom stereocenters. The Morgan fingerprint density at radius 2 is 2.05 bits per heavy atom. The Hall–Kier alpha value is -1.61. The molecule has 0 unspecified atom stereocenters. The molecule has 1 aliphatic carbocycles. The van der Waals surface area contributed by atoms with Crippen LogP contribution in [0.15, 0.2) is 24.0 Å². The van der Waals surface area contributed by atoms with E-state index < -0.39 is 12.4 Å². The van der Waals surface area contributed by atoms with E-state index >= 15 is 0 Å². The van der Waals surface area contributed by atoms with Crippen LogP contribution in [0.5, 0.6) is 5.75 Å². The summed E-state index contributed by atoms with van der Waals surface area (Å²) in [5, 5.41) is 9.15. The molecule has 2 nitrogen and oxygen atoms in total. The standard InChI is InChI=1S/C19H25FO2/c1-5-14(17(20)12-21)15-10-13-8-7-9-19(3,4)16(13)11-18(15)22-6-2/h7-8,10-11,21H,5-6,9,12H2,1-4H3/b17-14+. The minimum Gasteiger partial charge on any atom is -0.493 e. The monoisotopic (exact) mass is 304 g/mol. The molecule has 1 aromatic carbocycles. The molecule has 0 fully saturated rings. The van der Waals surface area contributed by atoms with Gasteiger partial charge >= 0.3 is 0 Å². The van der Waals surface area contributed by atoms with Gasteiger partial charge in [0, 0.05) is 5.56 Å². The van der Waals surface area contributed by atoms with Crippen molar-refractivity contribution in [3.8, 4) is 5.75 Å². The maximum absolute atomic E-state index is 14.0. The molecular formula is C19H25FO2. The van der Waals surface area contributed by atoms with E-state index in [1.54, 1.807) is 0 Å². The highest BCUT2D eigenvalue weighted by Crippen LogP contribution is 2.41. The van der Waals surface area contributed by atoms with Gasteiger partial charge in [-0.3, -0.25) is 0 Å². The first-order valence-electron chi connectivity index (χ1n) is 7.91. The van der Waals surface area contributed by atoms with Crippen molar-refractivity contribution in [2.75, 3.05) is 13.2 Å². The Balaban J connectivity index is 2.68. The molecule has 3 heteroatoms. The van der Waals surface area contributed by atoms with Gasteiger partial charge in [0.2, 0.25) is 0 Å². The van der Waals surface area contributed by atoms with Crippen molar-refractivity contribution in [2.24, 2.45) is 0 Å². The van der Waals surface area contributed by atoms with Gasteiger partial charge in [-0.15, -0.1) is 0 Å². The zero-order chi connectivity index (χ0) is 16.3. The molecule has 1 N–H and O–H groups in total. The van der Waals surface area contributed by atoms with Crippen molar-refractivity contribution >= 4 is 11.6 Å². The predicted molar refractivity (Wildman–Crippen MR) is 89.7 cm³/mol. The summed E-state index contributed by atoms with van der Waals surface area (Å²) in [5.74, 6) is 0.215. The van der Waals surface area contributed by atoms with Gasteiger partial charge in [0.1, 0.15) is 11.6 Å². The van der Waals surface area contributed by atoms with Crippen molar-refractivity contribution < 1.29 is 14.2 Å². The summed E-state index contributed by atoms with van der Waals surface area (Å²) < 4.78 is 19.8. The van der Waals surface area contributed by atoms with E-state index in [0.717, 1.165) is 17.5 Å². The average molecular weight is 304 g/mol. The first-order chi connectivity index (χ1) is 10.4. The van der Waals surface area contributed by atoms with Gasteiger partial charge in [0.15, 0.2) is 0 Å². The highest BCUT2D eigenvalue weighted by molar-refractivity contribution is 5.76. The molecule has 0 bridgehead atoms. The number of hydrogen-bond donors (Lipinski definition) is 1. The van der Waals surface area contributed by atoms with E-state index in [2.05, 4.69) is 26.0 Å². The molecule has 0 radical (unpaired) electrons. The Morgan fingerprint density at radius 1 is 1.32 bits per heavy atom. The SMILES string of the molecule is CCOc1cc2c(cc1/C(CC)=C(/F)CO)C=CCC2(C)C. The van der Waals surface area contributed by atoms with Crippen LogP contribution in [0.2, 0.25) is 0 Å². The summed E-state index contributed by atoms with van der Waals surface area (Å²) in [6, 6.07) is 4.03. The third-order valence-corrected chi connectivity index (χ3v) is 4.25. The van der Waals surface area contributed by atoms with Gasteiger partial charge in [-0.05, 0) is 54.0 Å². The normalized spacial score (nSPS) is 17.0. The maximum Gasteiger partial charge on any atom is 0.129 e. The van der Waals surface area contributed by atoms with Gasteiger partial charge < -0.3 is 9.84 Å². The van der Waals surface area contributed by atoms with Gasteiger partial charge in [-0.1, -0.05) is 32.9 Å². The summed E-state index contributed by atoms with van der Waals surface area (Å²) in [4.78, 5) is 0. The average Bonchev–Trinajstić information content (AvgIpc) is 2.48. The minimum atomic E-state index is -0.576. The van der Waals surface area contributed by atoms with Crippen molar-refractivity contribution in [3.05, 3.63) is 40.7 Å². The summed E-state index contributed by atoms with van der Waals surface area (Å²) >= 11 is 0. The molecule has 0 aliphatic heterocycles. The number of fused-ring (bicyclic) bond motifs is 1. The molecule has 2 rings (SSSR count). The number of allylic oxidation sites excluding steroid dienone is 2. The number of hydrogen-bond acceptors (Lipinski definition) is 2. The van der Waals surface area contributed by atoms with Gasteiger partial charge in [0.25, 0.3) is 0 Å². The first kappa shape index (κ1) is 16.8. The molecule has 1 aliphatic rings. The van der Waals surface area contributed by atoms with E-state index in [9.17, 15) is 4.39 Å². The topological polar surface area (TPSA) is 29.5 Å². The van der Waals surface area contributed by atoms with E-state index in [-0.39, 0.29) is 5.41 Å². The van der Waals surface area contributed by atoms with Crippen LogP contribution in [0.1, 0.15) is 57.2 Å². The van der Waals surface area contributed by atoms with Crippen LogP contribution in [-0.4, -0.2) is 18.3 Å². The number of halogens is 1. The van der Waals surface area contributed by atoms with E-state index in [0.29, 0.717) is 24.4 Å². The van der Waals surface area contributed by atoms with Gasteiger partial charge in [0.05, 0.1) is 13.2 Å². The Bertz CT molecular complexity index is 612. The lowest BCUT2D eigenvalue weighted by atomic mass is 9.75. The third-order valence-electron chi connectivity index (χ3n) is 4.25. The number of ether oxygens (including phenoxy) is 1. The Labute approximate surface area is 132 Å². The fourth-order valence-corrected chi connectivity index (χ4v) is 3.05. The summed E-state index contributed by atoms with van der Waals surface area (Å²) in [5.41, 5.74) is 3.64. The van der Waals surface area contributed by atoms with Crippen LogP contribution in [0, 0.1) is 0 Å². The Kier molecular flexibility index (Phi) is 5.07. The third kappa shape index (κ3) is 3.09. The van der Waals surface area contributed by atoms with Crippen LogP contribution >= 0.6 is 0 Å². The van der Waals surface area contributed by atoms with Crippen molar-refractivity contribution in [2.45, 2.75) is 46.0 Å². The van der Waals surface area contributed by atoms with Crippen LogP contribution in [0.25, 0.3) is 11.6 Å². The van der Waals surface area contributed by atoms with Gasteiger partial charge in [-0.25, -0.2) is 4.39 Å². The molecule has 120 valence electrons. The summed E-state index contributed by atoms with van der Waals surface area (Å²) in [6.45, 7) is 8.17. The molecule has 0 spiro atoms. The number of rotatable bonds is 5. The lowest BCUT2D eigenvalue weighted by Gasteiger charge is -2.30. The zero-order valence-corrected chi connectivity index (χ0v) is 13.9. The molecule has 0 saturated carbocycles. The lowest BCUT2D eigenvalue weighted by Crippen LogP contribution is -2.20. The second-order valence-corrected chi connectivity index (χ2v) is 6.25. The zero-order valence-electron chi connectivity index (χ0n) is 13.9. The van der Waals surface area contributed by atoms with E-state index in [4.69, 9.17) is 9.84 Å². The molecule has 1 aromatic rings. The smallest absolute Gasteiger partial charge is 0.129 e. The lowest BCUT2D eigenvalue weighted by molar-refractivity contribution is 0.298. The van der Waals surface area contributed by atoms with E-state index in [1.807, 2.05) is 26.0 Å². The summed E-state index contributed by atoms with van der Waals surface area (Å²) in [7, 11) is 0. The molecular weight excluding hydrogens is 279 g/mol. The van der Waals surface area contributed by atoms with Crippen molar-refractivity contribution in [3.63, 3.8) is 0 Å². The molecule has 0 heterocycles. The first-order valence-corrected chi connectivity index (χ1v) is 7.91. The summed E-state index contributed by atoms with van der Waals surface area (Å²) in [6.07, 6.45) is 5.74. The predicted octanol–water partition coefficient (Wildman–Crippen LogP) is 4.86. The highest BCUT2D eigenvalue weighted by Gasteiger charge is 2.27. The van der Waals surface area contributed by atoms with Crippen LogP contribution in [0.3, 0.4) is 0 Å². The molecule has 0 amide bonds. The highest BCUT2D eigenvalue weighted by atomic mass is 19.1. The van der Waals surface area contributed by atoms with Crippen LogP contribution in [-0.2, 0) is 5.41 Å². The number of aliphatic hydroxyl groups is 1. The second kappa shape index (κ2) is 6.66. The Morgan fingerprint density at radius 3 is 2.64 bits per heavy atom. The van der Waals surface area contributed by atoms with Crippen molar-refractivity contribution in [1.29, 1.82) is 0 Å². The fourth-order valence-electron chi connectivity index (χ4n) is 3.05.